The van der Waals surface area contributed by atoms with Gasteiger partial charge in [-0.2, -0.15) is 0 Å². The fourth-order valence-corrected chi connectivity index (χ4v) is 4.56. The molecule has 1 heterocycles. The number of rotatable bonds is 6. The fourth-order valence-electron chi connectivity index (χ4n) is 4.56. The minimum atomic E-state index is -0.0221. The van der Waals surface area contributed by atoms with Crippen LogP contribution in [0, 0.1) is 0 Å². The van der Waals surface area contributed by atoms with Crippen molar-refractivity contribution >= 4 is 6.03 Å². The van der Waals surface area contributed by atoms with Gasteiger partial charge in [0.2, 0.25) is 0 Å². The first kappa shape index (κ1) is 19.5. The van der Waals surface area contributed by atoms with Gasteiger partial charge >= 0.3 is 6.03 Å². The third-order valence-corrected chi connectivity index (χ3v) is 5.20. The highest BCUT2D eigenvalue weighted by molar-refractivity contribution is 5.74. The van der Waals surface area contributed by atoms with Gasteiger partial charge in [0.25, 0.3) is 0 Å². The number of hydrogen-bond donors (Lipinski definition) is 4. The first-order valence-electron chi connectivity index (χ1n) is 9.83. The molecular formula is C19H38N4O. The Morgan fingerprint density at radius 1 is 0.958 bits per heavy atom. The van der Waals surface area contributed by atoms with Crippen molar-refractivity contribution < 1.29 is 4.79 Å². The molecule has 0 radical (unpaired) electrons. The molecule has 24 heavy (non-hydrogen) atoms. The summed E-state index contributed by atoms with van der Waals surface area (Å²) < 4.78 is 0. The monoisotopic (exact) mass is 338 g/mol. The molecule has 2 aliphatic rings. The van der Waals surface area contributed by atoms with Gasteiger partial charge in [0.15, 0.2) is 0 Å². The number of carbonyl (C=O) groups is 1. The van der Waals surface area contributed by atoms with Crippen LogP contribution in [-0.4, -0.2) is 42.3 Å². The van der Waals surface area contributed by atoms with Crippen molar-refractivity contribution in [3.63, 3.8) is 0 Å². The van der Waals surface area contributed by atoms with Gasteiger partial charge in [-0.15, -0.1) is 0 Å². The van der Waals surface area contributed by atoms with Gasteiger partial charge < -0.3 is 21.3 Å². The van der Waals surface area contributed by atoms with Crippen molar-refractivity contribution in [2.45, 2.75) is 102 Å². The normalized spacial score (nSPS) is 24.5. The van der Waals surface area contributed by atoms with Gasteiger partial charge in [-0.3, -0.25) is 0 Å². The molecule has 5 nitrogen and oxygen atoms in total. The van der Waals surface area contributed by atoms with Gasteiger partial charge in [-0.05, 0) is 66.3 Å². The van der Waals surface area contributed by atoms with Crippen molar-refractivity contribution in [2.75, 3.05) is 13.1 Å². The summed E-state index contributed by atoms with van der Waals surface area (Å²) in [6.07, 6.45) is 9.67. The molecule has 1 aliphatic heterocycles. The summed E-state index contributed by atoms with van der Waals surface area (Å²) in [6.45, 7) is 10.6. The average molecular weight is 339 g/mol. The highest BCUT2D eigenvalue weighted by Crippen LogP contribution is 2.28. The van der Waals surface area contributed by atoms with Crippen LogP contribution in [0.15, 0.2) is 0 Å². The van der Waals surface area contributed by atoms with Crippen molar-refractivity contribution in [3.05, 3.63) is 0 Å². The van der Waals surface area contributed by atoms with E-state index in [1.54, 1.807) is 0 Å². The number of urea groups is 1. The topological polar surface area (TPSA) is 65.2 Å². The lowest BCUT2D eigenvalue weighted by atomic mass is 9.80. The predicted octanol–water partition coefficient (Wildman–Crippen LogP) is 2.91. The highest BCUT2D eigenvalue weighted by Gasteiger charge is 2.38. The molecule has 0 unspecified atom stereocenters. The fraction of sp³-hybridized carbons (Fsp3) is 0.947. The lowest BCUT2D eigenvalue weighted by Gasteiger charge is -2.46. The maximum Gasteiger partial charge on any atom is 0.315 e. The number of nitrogens with one attached hydrogen (secondary N) is 4. The lowest BCUT2D eigenvalue weighted by molar-refractivity contribution is 0.147. The van der Waals surface area contributed by atoms with Crippen LogP contribution in [0.3, 0.4) is 0 Å². The van der Waals surface area contributed by atoms with E-state index in [1.165, 1.54) is 32.1 Å². The summed E-state index contributed by atoms with van der Waals surface area (Å²) in [4.78, 5) is 12.1. The summed E-state index contributed by atoms with van der Waals surface area (Å²) in [5.74, 6) is 0. The molecule has 1 aliphatic carbocycles. The molecule has 2 rings (SSSR count). The lowest BCUT2D eigenvalue weighted by Crippen LogP contribution is -2.62. The highest BCUT2D eigenvalue weighted by atomic mass is 16.2. The Kier molecular flexibility index (Phi) is 6.93. The number of carbonyl (C=O) groups excluding carboxylic acids is 1. The van der Waals surface area contributed by atoms with E-state index in [0.717, 1.165) is 32.4 Å². The minimum absolute atomic E-state index is 0.0221. The van der Waals surface area contributed by atoms with Gasteiger partial charge in [0, 0.05) is 29.7 Å². The quantitative estimate of drug-likeness (QED) is 0.563. The zero-order valence-electron chi connectivity index (χ0n) is 16.1. The van der Waals surface area contributed by atoms with E-state index in [1.807, 2.05) is 0 Å². The van der Waals surface area contributed by atoms with Crippen molar-refractivity contribution in [3.8, 4) is 0 Å². The molecule has 2 fully saturated rings. The van der Waals surface area contributed by atoms with Gasteiger partial charge in [0.1, 0.15) is 0 Å². The van der Waals surface area contributed by atoms with E-state index in [0.29, 0.717) is 6.04 Å². The van der Waals surface area contributed by atoms with Crippen molar-refractivity contribution in [2.24, 2.45) is 0 Å². The van der Waals surface area contributed by atoms with E-state index >= 15 is 0 Å². The molecule has 0 aromatic heterocycles. The van der Waals surface area contributed by atoms with Crippen molar-refractivity contribution in [1.82, 2.24) is 21.3 Å². The molecule has 0 atom stereocenters. The Balaban J connectivity index is 1.59. The SMILES string of the molecule is CC1(C)CC(NC(=O)NCCCNC2CCCCC2)CC(C)(C)N1. The van der Waals surface area contributed by atoms with Crippen LogP contribution in [0.25, 0.3) is 0 Å². The van der Waals surface area contributed by atoms with Crippen LogP contribution in [0.2, 0.25) is 0 Å². The number of amides is 2. The van der Waals surface area contributed by atoms with E-state index in [4.69, 9.17) is 0 Å². The molecule has 0 spiro atoms. The van der Waals surface area contributed by atoms with Gasteiger partial charge in [-0.25, -0.2) is 4.79 Å². The first-order chi connectivity index (χ1) is 11.3. The molecule has 2 amide bonds. The summed E-state index contributed by atoms with van der Waals surface area (Å²) in [5, 5.41) is 13.4. The summed E-state index contributed by atoms with van der Waals surface area (Å²) in [7, 11) is 0. The summed E-state index contributed by atoms with van der Waals surface area (Å²) in [5.41, 5.74) is 0.118. The smallest absolute Gasteiger partial charge is 0.315 e. The van der Waals surface area contributed by atoms with Crippen LogP contribution in [0.4, 0.5) is 4.79 Å². The zero-order chi connectivity index (χ0) is 17.6. The Labute approximate surface area is 148 Å². The Morgan fingerprint density at radius 2 is 1.58 bits per heavy atom. The molecule has 0 bridgehead atoms. The van der Waals surface area contributed by atoms with E-state index in [2.05, 4.69) is 49.0 Å². The summed E-state index contributed by atoms with van der Waals surface area (Å²) >= 11 is 0. The second kappa shape index (κ2) is 8.52. The minimum Gasteiger partial charge on any atom is -0.338 e. The Bertz CT molecular complexity index is 386. The third-order valence-electron chi connectivity index (χ3n) is 5.20. The zero-order valence-corrected chi connectivity index (χ0v) is 16.1. The Morgan fingerprint density at radius 3 is 2.21 bits per heavy atom. The summed E-state index contributed by atoms with van der Waals surface area (Å²) in [6, 6.07) is 0.912. The average Bonchev–Trinajstić information content (AvgIpc) is 2.44. The molecular weight excluding hydrogens is 300 g/mol. The van der Waals surface area contributed by atoms with E-state index in [-0.39, 0.29) is 23.2 Å². The van der Waals surface area contributed by atoms with Crippen LogP contribution in [0.1, 0.15) is 79.1 Å². The molecule has 0 aromatic carbocycles. The second-order valence-corrected chi connectivity index (χ2v) is 9.04. The van der Waals surface area contributed by atoms with Crippen molar-refractivity contribution in [1.29, 1.82) is 0 Å². The van der Waals surface area contributed by atoms with Crippen LogP contribution >= 0.6 is 0 Å². The molecule has 1 saturated carbocycles. The molecule has 4 N–H and O–H groups in total. The van der Waals surface area contributed by atoms with Crippen LogP contribution < -0.4 is 21.3 Å². The Hall–Kier alpha value is -0.810. The molecule has 140 valence electrons. The predicted molar refractivity (Wildman–Crippen MR) is 100 cm³/mol. The third kappa shape index (κ3) is 6.98. The second-order valence-electron chi connectivity index (χ2n) is 9.04. The number of piperidine rings is 1. The van der Waals surface area contributed by atoms with Crippen LogP contribution in [0.5, 0.6) is 0 Å². The number of hydrogen-bond acceptors (Lipinski definition) is 3. The van der Waals surface area contributed by atoms with Crippen LogP contribution in [-0.2, 0) is 0 Å². The maximum atomic E-state index is 12.1. The van der Waals surface area contributed by atoms with E-state index < -0.39 is 0 Å². The maximum absolute atomic E-state index is 12.1. The largest absolute Gasteiger partial charge is 0.338 e. The molecule has 5 heteroatoms. The first-order valence-corrected chi connectivity index (χ1v) is 9.83. The van der Waals surface area contributed by atoms with Gasteiger partial charge in [0.05, 0.1) is 0 Å². The molecule has 1 saturated heterocycles. The molecule has 0 aromatic rings. The van der Waals surface area contributed by atoms with E-state index in [9.17, 15) is 4.79 Å². The standard InChI is InChI=1S/C19H38N4O/c1-18(2)13-16(14-19(3,4)23-18)22-17(24)21-12-8-11-20-15-9-6-5-7-10-15/h15-16,20,23H,5-14H2,1-4H3,(H2,21,22,24). The van der Waals surface area contributed by atoms with Gasteiger partial charge in [-0.1, -0.05) is 19.3 Å².